The minimum absolute atomic E-state index is 0.0772. The van der Waals surface area contributed by atoms with Gasteiger partial charge in [0.25, 0.3) is 5.69 Å². The van der Waals surface area contributed by atoms with E-state index in [-0.39, 0.29) is 24.6 Å². The molecule has 2 heterocycles. The highest BCUT2D eigenvalue weighted by Gasteiger charge is 2.43. The minimum Gasteiger partial charge on any atom is -0.459 e. The van der Waals surface area contributed by atoms with Crippen LogP contribution in [0.2, 0.25) is 0 Å². The topological polar surface area (TPSA) is 177 Å². The molecule has 2 aromatic rings. The van der Waals surface area contributed by atoms with Gasteiger partial charge in [-0.2, -0.15) is 0 Å². The highest BCUT2D eigenvalue weighted by Crippen LogP contribution is 2.26. The molecule has 4 rings (SSSR count). The Morgan fingerprint density at radius 1 is 0.896 bits per heavy atom. The number of likely N-dealkylation sites (tertiary alicyclic amines) is 2. The quantitative estimate of drug-likeness (QED) is 0.207. The van der Waals surface area contributed by atoms with Gasteiger partial charge in [-0.1, -0.05) is 30.3 Å². The van der Waals surface area contributed by atoms with Crippen molar-refractivity contribution in [2.24, 2.45) is 0 Å². The second-order valence-corrected chi connectivity index (χ2v) is 13.0. The second-order valence-electron chi connectivity index (χ2n) is 13.0. The predicted molar refractivity (Wildman–Crippen MR) is 173 cm³/mol. The highest BCUT2D eigenvalue weighted by molar-refractivity contribution is 5.95. The first-order chi connectivity index (χ1) is 22.7. The third-order valence-corrected chi connectivity index (χ3v) is 8.18. The zero-order valence-electron chi connectivity index (χ0n) is 27.7. The molecule has 0 unspecified atom stereocenters. The summed E-state index contributed by atoms with van der Waals surface area (Å²) in [5.74, 6) is -1.98. The van der Waals surface area contributed by atoms with E-state index in [9.17, 15) is 34.1 Å². The summed E-state index contributed by atoms with van der Waals surface area (Å²) in [5, 5.41) is 16.2. The van der Waals surface area contributed by atoms with Crippen molar-refractivity contribution in [3.63, 3.8) is 0 Å². The van der Waals surface area contributed by atoms with Crippen molar-refractivity contribution in [2.45, 2.75) is 96.2 Å². The van der Waals surface area contributed by atoms with Crippen molar-refractivity contribution in [1.82, 2.24) is 20.4 Å². The van der Waals surface area contributed by atoms with E-state index < -0.39 is 58.6 Å². The van der Waals surface area contributed by atoms with Crippen molar-refractivity contribution in [3.8, 4) is 0 Å². The molecule has 2 aromatic carbocycles. The molecule has 0 saturated carbocycles. The lowest BCUT2D eigenvalue weighted by Gasteiger charge is -2.32. The molecule has 0 spiro atoms. The van der Waals surface area contributed by atoms with Crippen molar-refractivity contribution >= 4 is 35.5 Å². The first-order valence-corrected chi connectivity index (χ1v) is 16.1. The molecule has 0 radical (unpaired) electrons. The number of nitrogens with one attached hydrogen (secondary N) is 2. The van der Waals surface area contributed by atoms with Crippen LogP contribution >= 0.6 is 0 Å². The van der Waals surface area contributed by atoms with Crippen LogP contribution in [-0.2, 0) is 41.7 Å². The van der Waals surface area contributed by atoms with E-state index in [1.807, 2.05) is 30.3 Å². The second kappa shape index (κ2) is 15.7. The van der Waals surface area contributed by atoms with Crippen molar-refractivity contribution in [3.05, 3.63) is 75.8 Å². The van der Waals surface area contributed by atoms with Crippen LogP contribution in [0.4, 0.5) is 10.5 Å². The van der Waals surface area contributed by atoms with Crippen LogP contribution in [0.3, 0.4) is 0 Å². The van der Waals surface area contributed by atoms with Crippen LogP contribution in [-0.4, -0.2) is 87.4 Å². The van der Waals surface area contributed by atoms with E-state index in [1.54, 1.807) is 20.8 Å². The van der Waals surface area contributed by atoms with Gasteiger partial charge in [-0.05, 0) is 76.6 Å². The summed E-state index contributed by atoms with van der Waals surface area (Å²) >= 11 is 0. The Labute approximate surface area is 279 Å². The molecule has 14 heteroatoms. The Kier molecular flexibility index (Phi) is 11.7. The number of nitro benzene ring substituents is 1. The van der Waals surface area contributed by atoms with Crippen LogP contribution in [0.1, 0.15) is 64.5 Å². The predicted octanol–water partition coefficient (Wildman–Crippen LogP) is 3.26. The number of nitro groups is 1. The molecule has 0 aliphatic carbocycles. The van der Waals surface area contributed by atoms with Crippen LogP contribution in [0.5, 0.6) is 0 Å². The standard InChI is InChI=1S/C34H43N5O9/c1-22(35-29(40)26(20-23-10-6-5-7-11-23)36-33(44)48-34(2,3)4)30(41)37-18-8-12-27(37)31(42)38-19-9-13-28(38)32(43)47-21-24-14-16-25(17-15-24)39(45)46/h5-7,10-11,14-17,22,26-28H,8-9,12-13,18-21H2,1-4H3,(H,35,40)(H,36,44)/t22-,26-,27-,28-/m0/s1. The number of hydrogen-bond donors (Lipinski definition) is 2. The molecule has 258 valence electrons. The van der Waals surface area contributed by atoms with Gasteiger partial charge in [0.15, 0.2) is 0 Å². The third kappa shape index (κ3) is 9.52. The maximum atomic E-state index is 13.8. The summed E-state index contributed by atoms with van der Waals surface area (Å²) < 4.78 is 10.8. The molecule has 2 fully saturated rings. The molecular formula is C34H43N5O9. The van der Waals surface area contributed by atoms with E-state index in [2.05, 4.69) is 10.6 Å². The maximum Gasteiger partial charge on any atom is 0.408 e. The number of hydrogen-bond acceptors (Lipinski definition) is 9. The molecule has 2 aliphatic heterocycles. The summed E-state index contributed by atoms with van der Waals surface area (Å²) in [4.78, 5) is 79.7. The number of non-ortho nitro benzene ring substituents is 1. The number of rotatable bonds is 11. The number of nitrogens with zero attached hydrogens (tertiary/aromatic N) is 3. The van der Waals surface area contributed by atoms with E-state index >= 15 is 0 Å². The molecular weight excluding hydrogens is 622 g/mol. The zero-order valence-corrected chi connectivity index (χ0v) is 27.7. The molecule has 0 bridgehead atoms. The Morgan fingerprint density at radius 2 is 1.52 bits per heavy atom. The number of carbonyl (C=O) groups excluding carboxylic acids is 5. The van der Waals surface area contributed by atoms with Gasteiger partial charge < -0.3 is 29.9 Å². The molecule has 4 atom stereocenters. The Hall–Kier alpha value is -5.01. The van der Waals surface area contributed by atoms with Crippen molar-refractivity contribution < 1.29 is 38.4 Å². The molecule has 2 aliphatic rings. The van der Waals surface area contributed by atoms with Gasteiger partial charge in [0, 0.05) is 31.6 Å². The SMILES string of the molecule is C[C@H](NC(=O)[C@H](Cc1ccccc1)NC(=O)OC(C)(C)C)C(=O)N1CCC[C@H]1C(=O)N1CCC[C@H]1C(=O)OCc1ccc([N+](=O)[O-])cc1. The summed E-state index contributed by atoms with van der Waals surface area (Å²) in [5.41, 5.74) is 0.508. The van der Waals surface area contributed by atoms with Crippen molar-refractivity contribution in [1.29, 1.82) is 0 Å². The van der Waals surface area contributed by atoms with Crippen LogP contribution in [0, 0.1) is 10.1 Å². The Morgan fingerprint density at radius 3 is 2.15 bits per heavy atom. The minimum atomic E-state index is -1.03. The fourth-order valence-corrected chi connectivity index (χ4v) is 5.85. The number of alkyl carbamates (subject to hydrolysis) is 1. The molecule has 48 heavy (non-hydrogen) atoms. The van der Waals surface area contributed by atoms with E-state index in [0.29, 0.717) is 44.3 Å². The first kappa shape index (κ1) is 35.8. The smallest absolute Gasteiger partial charge is 0.408 e. The first-order valence-electron chi connectivity index (χ1n) is 16.1. The summed E-state index contributed by atoms with van der Waals surface area (Å²) in [6.07, 6.45) is 1.36. The van der Waals surface area contributed by atoms with E-state index in [4.69, 9.17) is 9.47 Å². The number of carbonyl (C=O) groups is 5. The number of ether oxygens (including phenoxy) is 2. The number of esters is 1. The normalized spacial score (nSPS) is 18.8. The largest absolute Gasteiger partial charge is 0.459 e. The average Bonchev–Trinajstić information content (AvgIpc) is 3.73. The summed E-state index contributed by atoms with van der Waals surface area (Å²) in [7, 11) is 0. The number of amides is 4. The Balaban J connectivity index is 1.37. The fraction of sp³-hybridized carbons (Fsp3) is 0.500. The van der Waals surface area contributed by atoms with Gasteiger partial charge in [0.2, 0.25) is 17.7 Å². The zero-order chi connectivity index (χ0) is 35.0. The molecule has 2 saturated heterocycles. The lowest BCUT2D eigenvalue weighted by Crippen LogP contribution is -2.57. The Bertz CT molecular complexity index is 1490. The average molecular weight is 666 g/mol. The van der Waals surface area contributed by atoms with Gasteiger partial charge in [-0.25, -0.2) is 9.59 Å². The van der Waals surface area contributed by atoms with Gasteiger partial charge in [0.1, 0.15) is 36.4 Å². The monoisotopic (exact) mass is 665 g/mol. The number of benzene rings is 2. The van der Waals surface area contributed by atoms with Gasteiger partial charge >= 0.3 is 12.1 Å². The molecule has 4 amide bonds. The summed E-state index contributed by atoms with van der Waals surface area (Å²) in [6, 6.07) is 11.1. The van der Waals surface area contributed by atoms with Crippen LogP contribution in [0.15, 0.2) is 54.6 Å². The lowest BCUT2D eigenvalue weighted by atomic mass is 10.0. The third-order valence-electron chi connectivity index (χ3n) is 8.18. The maximum absolute atomic E-state index is 13.8. The highest BCUT2D eigenvalue weighted by atomic mass is 16.6. The summed E-state index contributed by atoms with van der Waals surface area (Å²) in [6.45, 7) is 7.20. The van der Waals surface area contributed by atoms with Crippen molar-refractivity contribution in [2.75, 3.05) is 13.1 Å². The van der Waals surface area contributed by atoms with Gasteiger partial charge in [-0.3, -0.25) is 24.5 Å². The molecule has 14 nitrogen and oxygen atoms in total. The van der Waals surface area contributed by atoms with Crippen LogP contribution < -0.4 is 10.6 Å². The fourth-order valence-electron chi connectivity index (χ4n) is 5.85. The van der Waals surface area contributed by atoms with E-state index in [0.717, 1.165) is 5.56 Å². The van der Waals surface area contributed by atoms with Crippen LogP contribution in [0.25, 0.3) is 0 Å². The lowest BCUT2D eigenvalue weighted by molar-refractivity contribution is -0.384. The van der Waals surface area contributed by atoms with Gasteiger partial charge in [-0.15, -0.1) is 0 Å². The van der Waals surface area contributed by atoms with E-state index in [1.165, 1.54) is 41.0 Å². The molecule has 2 N–H and O–H groups in total. The molecule has 0 aromatic heterocycles. The van der Waals surface area contributed by atoms with Gasteiger partial charge in [0.05, 0.1) is 4.92 Å².